The number of H-pyrrole nitrogens is 1. The van der Waals surface area contributed by atoms with Crippen LogP contribution in [0.1, 0.15) is 25.8 Å². The van der Waals surface area contributed by atoms with Crippen molar-refractivity contribution in [2.75, 3.05) is 13.6 Å². The molecule has 102 valence electrons. The smallest absolute Gasteiger partial charge is 0.0931 e. The van der Waals surface area contributed by atoms with Crippen LogP contribution in [0.15, 0.2) is 24.5 Å². The van der Waals surface area contributed by atoms with Crippen molar-refractivity contribution >= 4 is 11.0 Å². The van der Waals surface area contributed by atoms with Crippen molar-refractivity contribution in [3.63, 3.8) is 0 Å². The van der Waals surface area contributed by atoms with E-state index in [-0.39, 0.29) is 5.54 Å². The molecule has 4 heteroatoms. The van der Waals surface area contributed by atoms with Crippen molar-refractivity contribution < 1.29 is 0 Å². The standard InChI is InChI=1S/C15H22N4/c1-15(2)7-12(8-18-15)19(3)9-11-4-5-13-14(6-11)17-10-16-13/h4-6,10,12,18H,7-9H2,1-3H3,(H,16,17). The maximum Gasteiger partial charge on any atom is 0.0931 e. The number of rotatable bonds is 3. The predicted octanol–water partition coefficient (Wildman–Crippen LogP) is 2.14. The Morgan fingerprint density at radius 3 is 3.00 bits per heavy atom. The van der Waals surface area contributed by atoms with Crippen LogP contribution in [0.3, 0.4) is 0 Å². The second kappa shape index (κ2) is 4.62. The molecule has 1 aliphatic heterocycles. The zero-order chi connectivity index (χ0) is 13.5. The summed E-state index contributed by atoms with van der Waals surface area (Å²) < 4.78 is 0. The van der Waals surface area contributed by atoms with E-state index < -0.39 is 0 Å². The van der Waals surface area contributed by atoms with Crippen LogP contribution in [0.4, 0.5) is 0 Å². The second-order valence-corrected chi connectivity index (χ2v) is 6.29. The van der Waals surface area contributed by atoms with Gasteiger partial charge < -0.3 is 10.3 Å². The molecule has 2 N–H and O–H groups in total. The Bertz CT molecular complexity index is 572. The third-order valence-electron chi connectivity index (χ3n) is 4.10. The Morgan fingerprint density at radius 1 is 1.42 bits per heavy atom. The number of likely N-dealkylation sites (N-methyl/N-ethyl adjacent to an activating group) is 1. The molecule has 1 atom stereocenters. The SMILES string of the molecule is CN(Cc1ccc2nc[nH]c2c1)C1CNC(C)(C)C1. The van der Waals surface area contributed by atoms with Crippen molar-refractivity contribution in [2.45, 2.75) is 38.4 Å². The van der Waals surface area contributed by atoms with Gasteiger partial charge in [-0.05, 0) is 45.0 Å². The van der Waals surface area contributed by atoms with Crippen molar-refractivity contribution in [2.24, 2.45) is 0 Å². The summed E-state index contributed by atoms with van der Waals surface area (Å²) in [6, 6.07) is 7.08. The first-order valence-electron chi connectivity index (χ1n) is 6.91. The van der Waals surface area contributed by atoms with Crippen molar-refractivity contribution in [3.8, 4) is 0 Å². The topological polar surface area (TPSA) is 44.0 Å². The molecule has 0 spiro atoms. The Kier molecular flexibility index (Phi) is 3.07. The number of hydrogen-bond acceptors (Lipinski definition) is 3. The minimum Gasteiger partial charge on any atom is -0.345 e. The zero-order valence-electron chi connectivity index (χ0n) is 11.9. The summed E-state index contributed by atoms with van der Waals surface area (Å²) >= 11 is 0. The third-order valence-corrected chi connectivity index (χ3v) is 4.10. The van der Waals surface area contributed by atoms with Crippen LogP contribution < -0.4 is 5.32 Å². The Morgan fingerprint density at radius 2 is 2.26 bits per heavy atom. The van der Waals surface area contributed by atoms with Gasteiger partial charge >= 0.3 is 0 Å². The van der Waals surface area contributed by atoms with E-state index in [1.165, 1.54) is 12.0 Å². The van der Waals surface area contributed by atoms with Gasteiger partial charge in [0.15, 0.2) is 0 Å². The van der Waals surface area contributed by atoms with Crippen LogP contribution in [0.25, 0.3) is 11.0 Å². The Labute approximate surface area is 114 Å². The molecule has 1 aliphatic rings. The van der Waals surface area contributed by atoms with E-state index in [0.717, 1.165) is 24.1 Å². The summed E-state index contributed by atoms with van der Waals surface area (Å²) in [5, 5.41) is 3.58. The molecule has 2 heterocycles. The van der Waals surface area contributed by atoms with Crippen LogP contribution in [-0.4, -0.2) is 40.0 Å². The van der Waals surface area contributed by atoms with Gasteiger partial charge in [0.1, 0.15) is 0 Å². The molecule has 0 saturated carbocycles. The number of nitrogens with one attached hydrogen (secondary N) is 2. The van der Waals surface area contributed by atoms with Gasteiger partial charge in [-0.3, -0.25) is 4.90 Å². The van der Waals surface area contributed by atoms with Gasteiger partial charge in [-0.15, -0.1) is 0 Å². The number of fused-ring (bicyclic) bond motifs is 1. The quantitative estimate of drug-likeness (QED) is 0.886. The van der Waals surface area contributed by atoms with E-state index in [9.17, 15) is 0 Å². The van der Waals surface area contributed by atoms with E-state index in [1.807, 2.05) is 0 Å². The summed E-state index contributed by atoms with van der Waals surface area (Å²) in [6.45, 7) is 6.61. The molecule has 1 aromatic carbocycles. The third kappa shape index (κ3) is 2.65. The molecule has 1 fully saturated rings. The number of aromatic nitrogens is 2. The number of hydrogen-bond donors (Lipinski definition) is 2. The van der Waals surface area contributed by atoms with E-state index >= 15 is 0 Å². The fourth-order valence-corrected chi connectivity index (χ4v) is 2.94. The summed E-state index contributed by atoms with van der Waals surface area (Å²) in [7, 11) is 2.21. The summed E-state index contributed by atoms with van der Waals surface area (Å²) in [5.74, 6) is 0. The van der Waals surface area contributed by atoms with Crippen molar-refractivity contribution in [1.29, 1.82) is 0 Å². The predicted molar refractivity (Wildman–Crippen MR) is 78.0 cm³/mol. The number of aromatic amines is 1. The molecule has 0 radical (unpaired) electrons. The van der Waals surface area contributed by atoms with Crippen LogP contribution >= 0.6 is 0 Å². The molecule has 1 unspecified atom stereocenters. The van der Waals surface area contributed by atoms with Gasteiger partial charge in [0, 0.05) is 24.7 Å². The van der Waals surface area contributed by atoms with Crippen LogP contribution in [0.2, 0.25) is 0 Å². The van der Waals surface area contributed by atoms with Gasteiger partial charge in [-0.2, -0.15) is 0 Å². The minimum absolute atomic E-state index is 0.270. The maximum atomic E-state index is 4.26. The fourth-order valence-electron chi connectivity index (χ4n) is 2.94. The summed E-state index contributed by atoms with van der Waals surface area (Å²) in [5.41, 5.74) is 3.77. The molecule has 1 aromatic heterocycles. The van der Waals surface area contributed by atoms with Crippen LogP contribution in [-0.2, 0) is 6.54 Å². The van der Waals surface area contributed by atoms with E-state index in [1.54, 1.807) is 6.33 Å². The molecule has 0 bridgehead atoms. The van der Waals surface area contributed by atoms with E-state index in [2.05, 4.69) is 59.3 Å². The molecule has 2 aromatic rings. The molecule has 4 nitrogen and oxygen atoms in total. The number of nitrogens with zero attached hydrogens (tertiary/aromatic N) is 2. The van der Waals surface area contributed by atoms with Crippen molar-refractivity contribution in [3.05, 3.63) is 30.1 Å². The first-order valence-corrected chi connectivity index (χ1v) is 6.91. The monoisotopic (exact) mass is 258 g/mol. The lowest BCUT2D eigenvalue weighted by atomic mass is 10.0. The van der Waals surface area contributed by atoms with Gasteiger partial charge in [0.25, 0.3) is 0 Å². The molecular weight excluding hydrogens is 236 g/mol. The molecule has 0 aliphatic carbocycles. The molecule has 19 heavy (non-hydrogen) atoms. The van der Waals surface area contributed by atoms with Gasteiger partial charge in [0.05, 0.1) is 17.4 Å². The molecular formula is C15H22N4. The fraction of sp³-hybridized carbons (Fsp3) is 0.533. The van der Waals surface area contributed by atoms with Gasteiger partial charge in [-0.1, -0.05) is 6.07 Å². The average molecular weight is 258 g/mol. The first-order chi connectivity index (χ1) is 9.03. The second-order valence-electron chi connectivity index (χ2n) is 6.29. The lowest BCUT2D eigenvalue weighted by Gasteiger charge is -2.25. The zero-order valence-corrected chi connectivity index (χ0v) is 11.9. The normalized spacial score (nSPS) is 22.4. The maximum absolute atomic E-state index is 4.26. The highest BCUT2D eigenvalue weighted by molar-refractivity contribution is 5.74. The first kappa shape index (κ1) is 12.6. The van der Waals surface area contributed by atoms with E-state index in [0.29, 0.717) is 6.04 Å². The van der Waals surface area contributed by atoms with E-state index in [4.69, 9.17) is 0 Å². The van der Waals surface area contributed by atoms with Crippen LogP contribution in [0, 0.1) is 0 Å². The highest BCUT2D eigenvalue weighted by Gasteiger charge is 2.32. The van der Waals surface area contributed by atoms with Crippen molar-refractivity contribution in [1.82, 2.24) is 20.2 Å². The van der Waals surface area contributed by atoms with Crippen LogP contribution in [0.5, 0.6) is 0 Å². The number of benzene rings is 1. The largest absolute Gasteiger partial charge is 0.345 e. The molecule has 0 amide bonds. The van der Waals surface area contributed by atoms with Gasteiger partial charge in [0.2, 0.25) is 0 Å². The molecule has 3 rings (SSSR count). The lowest BCUT2D eigenvalue weighted by Crippen LogP contribution is -2.32. The average Bonchev–Trinajstić information content (AvgIpc) is 2.94. The summed E-state index contributed by atoms with van der Waals surface area (Å²) in [4.78, 5) is 9.87. The minimum atomic E-state index is 0.270. The summed E-state index contributed by atoms with van der Waals surface area (Å²) in [6.07, 6.45) is 2.96. The Balaban J connectivity index is 1.70. The highest BCUT2D eigenvalue weighted by Crippen LogP contribution is 2.23. The molecule has 1 saturated heterocycles. The Hall–Kier alpha value is -1.39. The van der Waals surface area contributed by atoms with Gasteiger partial charge in [-0.25, -0.2) is 4.98 Å². The lowest BCUT2D eigenvalue weighted by molar-refractivity contribution is 0.240. The highest BCUT2D eigenvalue weighted by atomic mass is 15.2. The number of imidazole rings is 1.